The van der Waals surface area contributed by atoms with Crippen molar-refractivity contribution in [1.82, 2.24) is 4.98 Å². The van der Waals surface area contributed by atoms with Crippen molar-refractivity contribution in [2.24, 2.45) is 0 Å². The molecular weight excluding hydrogens is 370 g/mol. The Bertz CT molecular complexity index is 1000. The number of hydrogen-bond donors (Lipinski definition) is 1. The Kier molecular flexibility index (Phi) is 5.32. The molecule has 0 saturated carbocycles. The Balaban J connectivity index is 1.73. The van der Waals surface area contributed by atoms with Gasteiger partial charge in [-0.05, 0) is 18.2 Å². The first kappa shape index (κ1) is 18.3. The first-order valence-corrected chi connectivity index (χ1v) is 8.66. The molecule has 1 aromatic heterocycles. The van der Waals surface area contributed by atoms with Gasteiger partial charge in [0.15, 0.2) is 0 Å². The van der Waals surface area contributed by atoms with Crippen molar-refractivity contribution in [2.45, 2.75) is 6.61 Å². The molecule has 0 amide bonds. The number of nitro groups is 1. The molecule has 0 atom stereocenters. The lowest BCUT2D eigenvalue weighted by Crippen LogP contribution is -2.09. The Labute approximate surface area is 158 Å². The summed E-state index contributed by atoms with van der Waals surface area (Å²) in [5.74, 6) is -0.0530. The minimum Gasteiger partial charge on any atom is -0.496 e. The van der Waals surface area contributed by atoms with Crippen LogP contribution in [-0.2, 0) is 11.3 Å². The average molecular weight is 385 g/mol. The number of esters is 1. The largest absolute Gasteiger partial charge is 0.496 e. The third kappa shape index (κ3) is 4.04. The SMILES string of the molecule is COc1ccccc1-c1nc(COC(=O)c2cc([N+](=O)[O-])ccc2N)cs1. The third-order valence-electron chi connectivity index (χ3n) is 3.71. The molecule has 3 rings (SSSR count). The number of rotatable bonds is 6. The lowest BCUT2D eigenvalue weighted by Gasteiger charge is -2.06. The fourth-order valence-corrected chi connectivity index (χ4v) is 3.20. The van der Waals surface area contributed by atoms with Gasteiger partial charge in [-0.25, -0.2) is 9.78 Å². The molecule has 0 unspecified atom stereocenters. The average Bonchev–Trinajstić information content (AvgIpc) is 3.15. The molecule has 0 aliphatic carbocycles. The summed E-state index contributed by atoms with van der Waals surface area (Å²) < 4.78 is 10.5. The standard InChI is InChI=1S/C18H15N3O5S/c1-25-16-5-3-2-4-13(16)17-20-11(10-27-17)9-26-18(22)14-8-12(21(23)24)6-7-15(14)19/h2-8,10H,9,19H2,1H3. The molecule has 2 aromatic carbocycles. The summed E-state index contributed by atoms with van der Waals surface area (Å²) in [5, 5.41) is 13.3. The maximum absolute atomic E-state index is 12.2. The van der Waals surface area contributed by atoms with E-state index in [1.165, 1.54) is 23.5 Å². The summed E-state index contributed by atoms with van der Waals surface area (Å²) in [6, 6.07) is 11.1. The second-order valence-electron chi connectivity index (χ2n) is 5.45. The molecule has 0 bridgehead atoms. The second kappa shape index (κ2) is 7.83. The number of nitrogens with two attached hydrogens (primary N) is 1. The molecule has 9 heteroatoms. The molecule has 0 fully saturated rings. The number of non-ortho nitro benzene ring substituents is 1. The van der Waals surface area contributed by atoms with E-state index in [0.29, 0.717) is 11.4 Å². The van der Waals surface area contributed by atoms with Crippen LogP contribution >= 0.6 is 11.3 Å². The van der Waals surface area contributed by atoms with E-state index in [2.05, 4.69) is 4.98 Å². The zero-order valence-corrected chi connectivity index (χ0v) is 15.1. The number of benzene rings is 2. The maximum atomic E-state index is 12.2. The van der Waals surface area contributed by atoms with Crippen LogP contribution < -0.4 is 10.5 Å². The highest BCUT2D eigenvalue weighted by molar-refractivity contribution is 7.13. The zero-order valence-electron chi connectivity index (χ0n) is 14.2. The Hall–Kier alpha value is -3.46. The molecule has 138 valence electrons. The first-order valence-electron chi connectivity index (χ1n) is 7.78. The summed E-state index contributed by atoms with van der Waals surface area (Å²) in [4.78, 5) is 26.9. The molecule has 0 saturated heterocycles. The smallest absolute Gasteiger partial charge is 0.340 e. The normalized spacial score (nSPS) is 10.4. The molecule has 0 radical (unpaired) electrons. The lowest BCUT2D eigenvalue weighted by molar-refractivity contribution is -0.384. The van der Waals surface area contributed by atoms with Gasteiger partial charge in [0.05, 0.1) is 28.9 Å². The number of thiazole rings is 1. The fraction of sp³-hybridized carbons (Fsp3) is 0.111. The summed E-state index contributed by atoms with van der Waals surface area (Å²) in [6.45, 7) is -0.0768. The highest BCUT2D eigenvalue weighted by Crippen LogP contribution is 2.32. The number of aromatic nitrogens is 1. The number of nitrogens with zero attached hydrogens (tertiary/aromatic N) is 2. The van der Waals surface area contributed by atoms with Crippen molar-refractivity contribution >= 4 is 28.7 Å². The van der Waals surface area contributed by atoms with Crippen LogP contribution in [0.2, 0.25) is 0 Å². The van der Waals surface area contributed by atoms with Gasteiger partial charge in [-0.2, -0.15) is 0 Å². The summed E-state index contributed by atoms with van der Waals surface area (Å²) >= 11 is 1.39. The molecule has 2 N–H and O–H groups in total. The highest BCUT2D eigenvalue weighted by Gasteiger charge is 2.17. The van der Waals surface area contributed by atoms with Crippen LogP contribution in [0.5, 0.6) is 5.75 Å². The second-order valence-corrected chi connectivity index (χ2v) is 6.31. The maximum Gasteiger partial charge on any atom is 0.340 e. The van der Waals surface area contributed by atoms with Crippen LogP contribution in [0.1, 0.15) is 16.1 Å². The van der Waals surface area contributed by atoms with Gasteiger partial charge in [0, 0.05) is 23.2 Å². The van der Waals surface area contributed by atoms with Gasteiger partial charge in [0.2, 0.25) is 0 Å². The van der Waals surface area contributed by atoms with Gasteiger partial charge in [-0.15, -0.1) is 11.3 Å². The molecular formula is C18H15N3O5S. The van der Waals surface area contributed by atoms with Crippen molar-refractivity contribution in [3.63, 3.8) is 0 Å². The monoisotopic (exact) mass is 385 g/mol. The van der Waals surface area contributed by atoms with Gasteiger partial charge in [0.25, 0.3) is 5.69 Å². The van der Waals surface area contributed by atoms with E-state index in [4.69, 9.17) is 15.2 Å². The van der Waals surface area contributed by atoms with Gasteiger partial charge in [0.1, 0.15) is 17.4 Å². The van der Waals surface area contributed by atoms with Crippen molar-refractivity contribution in [1.29, 1.82) is 0 Å². The molecule has 0 spiro atoms. The summed E-state index contributed by atoms with van der Waals surface area (Å²) in [5.41, 5.74) is 6.94. The summed E-state index contributed by atoms with van der Waals surface area (Å²) in [6.07, 6.45) is 0. The van der Waals surface area contributed by atoms with Gasteiger partial charge in [-0.3, -0.25) is 10.1 Å². The van der Waals surface area contributed by atoms with Crippen LogP contribution in [-0.4, -0.2) is 23.0 Å². The van der Waals surface area contributed by atoms with Crippen LogP contribution in [0.4, 0.5) is 11.4 Å². The molecule has 8 nitrogen and oxygen atoms in total. The predicted molar refractivity (Wildman–Crippen MR) is 101 cm³/mol. The zero-order chi connectivity index (χ0) is 19.4. The number of hydrogen-bond acceptors (Lipinski definition) is 8. The number of nitrogen functional groups attached to an aromatic ring is 1. The minimum atomic E-state index is -0.747. The van der Waals surface area contributed by atoms with E-state index in [1.54, 1.807) is 12.5 Å². The van der Waals surface area contributed by atoms with E-state index in [0.717, 1.165) is 16.6 Å². The van der Waals surface area contributed by atoms with E-state index < -0.39 is 10.9 Å². The fourth-order valence-electron chi connectivity index (χ4n) is 2.37. The third-order valence-corrected chi connectivity index (χ3v) is 4.63. The molecule has 1 heterocycles. The lowest BCUT2D eigenvalue weighted by atomic mass is 10.1. The number of methoxy groups -OCH3 is 1. The van der Waals surface area contributed by atoms with E-state index >= 15 is 0 Å². The van der Waals surface area contributed by atoms with Crippen molar-refractivity contribution in [3.05, 3.63) is 69.2 Å². The number of carbonyl (C=O) groups excluding carboxylic acids is 1. The quantitative estimate of drug-likeness (QED) is 0.298. The summed E-state index contributed by atoms with van der Waals surface area (Å²) in [7, 11) is 1.58. The number of ether oxygens (including phenoxy) is 2. The van der Waals surface area contributed by atoms with Crippen molar-refractivity contribution in [3.8, 4) is 16.3 Å². The van der Waals surface area contributed by atoms with Gasteiger partial charge in [-0.1, -0.05) is 12.1 Å². The minimum absolute atomic E-state index is 0.0515. The van der Waals surface area contributed by atoms with E-state index in [9.17, 15) is 14.9 Å². The first-order chi connectivity index (χ1) is 13.0. The Morgan fingerprint density at radius 3 is 2.81 bits per heavy atom. The number of carbonyl (C=O) groups is 1. The highest BCUT2D eigenvalue weighted by atomic mass is 32.1. The molecule has 0 aliphatic rings. The number of para-hydroxylation sites is 1. The predicted octanol–water partition coefficient (Wildman–Crippen LogP) is 3.67. The Morgan fingerprint density at radius 2 is 2.07 bits per heavy atom. The van der Waals surface area contributed by atoms with Crippen LogP contribution in [0.15, 0.2) is 47.8 Å². The van der Waals surface area contributed by atoms with Crippen LogP contribution in [0.3, 0.4) is 0 Å². The van der Waals surface area contributed by atoms with Crippen molar-refractivity contribution < 1.29 is 19.2 Å². The van der Waals surface area contributed by atoms with Crippen LogP contribution in [0, 0.1) is 10.1 Å². The molecule has 3 aromatic rings. The topological polar surface area (TPSA) is 118 Å². The van der Waals surface area contributed by atoms with Crippen molar-refractivity contribution in [2.75, 3.05) is 12.8 Å². The number of anilines is 1. The van der Waals surface area contributed by atoms with Gasteiger partial charge >= 0.3 is 5.97 Å². The molecule has 0 aliphatic heterocycles. The van der Waals surface area contributed by atoms with Crippen LogP contribution in [0.25, 0.3) is 10.6 Å². The Morgan fingerprint density at radius 1 is 1.30 bits per heavy atom. The van der Waals surface area contributed by atoms with E-state index in [1.807, 2.05) is 24.3 Å². The molecule has 27 heavy (non-hydrogen) atoms. The van der Waals surface area contributed by atoms with E-state index in [-0.39, 0.29) is 23.5 Å². The number of nitro benzene ring substituents is 1. The van der Waals surface area contributed by atoms with Gasteiger partial charge < -0.3 is 15.2 Å².